The summed E-state index contributed by atoms with van der Waals surface area (Å²) >= 11 is 0. The lowest BCUT2D eigenvalue weighted by atomic mass is 10.2. The van der Waals surface area contributed by atoms with Crippen molar-refractivity contribution in [2.75, 3.05) is 0 Å². The fraction of sp³-hybridized carbons (Fsp3) is 0.562. The number of carbonyl (C=O) groups is 3. The Morgan fingerprint density at radius 1 is 0.833 bits per heavy atom. The van der Waals surface area contributed by atoms with Crippen LogP contribution in [0.5, 0.6) is 0 Å². The highest BCUT2D eigenvalue weighted by Crippen LogP contribution is 2.08. The van der Waals surface area contributed by atoms with Crippen molar-refractivity contribution in [1.29, 1.82) is 0 Å². The molecule has 0 radical (unpaired) electrons. The van der Waals surface area contributed by atoms with E-state index < -0.39 is 48.4 Å². The maximum absolute atomic E-state index is 11.7. The molecule has 0 aliphatic carbocycles. The second-order valence-electron chi connectivity index (χ2n) is 5.49. The molecule has 0 unspecified atom stereocenters. The van der Waals surface area contributed by atoms with E-state index in [0.29, 0.717) is 0 Å². The molecule has 0 bridgehead atoms. The van der Waals surface area contributed by atoms with Gasteiger partial charge < -0.3 is 24.4 Å². The molecule has 0 aromatic carbocycles. The number of rotatable bonds is 0. The van der Waals surface area contributed by atoms with Gasteiger partial charge in [0.1, 0.15) is 30.5 Å². The number of carbonyl (C=O) groups excluding carboxylic acids is 3. The molecule has 8 heteroatoms. The van der Waals surface area contributed by atoms with Gasteiger partial charge in [-0.1, -0.05) is 0 Å². The predicted octanol–water partition coefficient (Wildman–Crippen LogP) is 0.0194. The van der Waals surface area contributed by atoms with Gasteiger partial charge >= 0.3 is 17.9 Å². The fourth-order valence-corrected chi connectivity index (χ4v) is 1.80. The quantitative estimate of drug-likeness (QED) is 0.467. The van der Waals surface area contributed by atoms with E-state index in [9.17, 15) is 24.6 Å². The Labute approximate surface area is 139 Å². The Bertz CT molecular complexity index is 524. The molecule has 0 amide bonds. The van der Waals surface area contributed by atoms with Gasteiger partial charge in [-0.3, -0.25) is 4.79 Å². The molecule has 0 spiro atoms. The summed E-state index contributed by atoms with van der Waals surface area (Å²) < 4.78 is 14.9. The van der Waals surface area contributed by atoms with E-state index in [1.54, 1.807) is 0 Å². The van der Waals surface area contributed by atoms with Crippen LogP contribution in [0.2, 0.25) is 0 Å². The van der Waals surface area contributed by atoms with Crippen LogP contribution in [0.3, 0.4) is 0 Å². The molecule has 1 rings (SSSR count). The molecule has 1 aliphatic rings. The van der Waals surface area contributed by atoms with E-state index in [1.807, 2.05) is 0 Å². The molecule has 0 aromatic heterocycles. The summed E-state index contributed by atoms with van der Waals surface area (Å²) in [6, 6.07) is 0. The van der Waals surface area contributed by atoms with Crippen LogP contribution in [-0.2, 0) is 28.6 Å². The van der Waals surface area contributed by atoms with Gasteiger partial charge in [-0.05, 0) is 32.9 Å². The van der Waals surface area contributed by atoms with Crippen molar-refractivity contribution < 1.29 is 38.8 Å². The van der Waals surface area contributed by atoms with Crippen molar-refractivity contribution in [3.05, 3.63) is 24.3 Å². The lowest BCUT2D eigenvalue weighted by molar-refractivity contribution is -0.157. The first-order chi connectivity index (χ1) is 11.2. The van der Waals surface area contributed by atoms with E-state index >= 15 is 0 Å². The fourth-order valence-electron chi connectivity index (χ4n) is 1.80. The Hall–Kier alpha value is -2.19. The van der Waals surface area contributed by atoms with E-state index in [1.165, 1.54) is 20.8 Å². The zero-order valence-corrected chi connectivity index (χ0v) is 13.7. The molecule has 1 heterocycles. The highest BCUT2D eigenvalue weighted by molar-refractivity contribution is 5.83. The number of hydrogen-bond donors (Lipinski definition) is 2. The zero-order chi connectivity index (χ0) is 18.3. The van der Waals surface area contributed by atoms with Gasteiger partial charge in [0.15, 0.2) is 0 Å². The summed E-state index contributed by atoms with van der Waals surface area (Å²) in [7, 11) is 0. The molecule has 5 atom stereocenters. The van der Waals surface area contributed by atoms with Crippen LogP contribution in [0.4, 0.5) is 0 Å². The van der Waals surface area contributed by atoms with Gasteiger partial charge in [0.2, 0.25) is 0 Å². The first-order valence-corrected chi connectivity index (χ1v) is 7.52. The van der Waals surface area contributed by atoms with Gasteiger partial charge in [-0.25, -0.2) is 9.59 Å². The van der Waals surface area contributed by atoms with Crippen molar-refractivity contribution in [2.24, 2.45) is 0 Å². The molecular weight excluding hydrogens is 320 g/mol. The Morgan fingerprint density at radius 3 is 1.83 bits per heavy atom. The molecular formula is C16H22O8. The zero-order valence-electron chi connectivity index (χ0n) is 13.7. The average molecular weight is 342 g/mol. The smallest absolute Gasteiger partial charge is 0.330 e. The lowest BCUT2D eigenvalue weighted by Crippen LogP contribution is -2.30. The third-order valence-electron chi connectivity index (χ3n) is 3.21. The molecule has 0 saturated heterocycles. The van der Waals surface area contributed by atoms with Gasteiger partial charge in [0.05, 0.1) is 6.42 Å². The standard InChI is InChI=1S/C16H22O8/c1-9-8-16(21)24-11(3)13(18)5-7-15(20)23-10(2)12(17)4-6-14(19)22-9/h4-7,9-13,17-18H,8H2,1-3H3/b6-4+,7-5+/t9-,10+,11-,12+,13+/m1/s1. The third-order valence-corrected chi connectivity index (χ3v) is 3.21. The maximum atomic E-state index is 11.7. The number of aliphatic hydroxyl groups excluding tert-OH is 2. The van der Waals surface area contributed by atoms with Gasteiger partial charge in [-0.15, -0.1) is 0 Å². The Morgan fingerprint density at radius 2 is 1.29 bits per heavy atom. The first kappa shape index (κ1) is 19.9. The molecule has 1 aliphatic heterocycles. The van der Waals surface area contributed by atoms with Gasteiger partial charge in [-0.2, -0.15) is 0 Å². The number of esters is 3. The summed E-state index contributed by atoms with van der Waals surface area (Å²) in [5, 5.41) is 19.6. The summed E-state index contributed by atoms with van der Waals surface area (Å²) in [5.74, 6) is -2.22. The second kappa shape index (κ2) is 9.19. The predicted molar refractivity (Wildman–Crippen MR) is 81.6 cm³/mol. The van der Waals surface area contributed by atoms with Crippen molar-refractivity contribution in [3.8, 4) is 0 Å². The van der Waals surface area contributed by atoms with Crippen molar-refractivity contribution in [2.45, 2.75) is 57.7 Å². The SMILES string of the molecule is C[C@@H]1CC(=O)O[C@H](C)[C@@H](O)/C=C/C(=O)O[C@@H](C)[C@@H](O)/C=C/C(=O)O1. The Kier molecular flexibility index (Phi) is 7.60. The topological polar surface area (TPSA) is 119 Å². The third kappa shape index (κ3) is 6.93. The van der Waals surface area contributed by atoms with Crippen LogP contribution in [0.15, 0.2) is 24.3 Å². The van der Waals surface area contributed by atoms with Crippen LogP contribution < -0.4 is 0 Å². The molecule has 24 heavy (non-hydrogen) atoms. The largest absolute Gasteiger partial charge is 0.459 e. The lowest BCUT2D eigenvalue weighted by Gasteiger charge is -2.19. The minimum Gasteiger partial charge on any atom is -0.459 e. The van der Waals surface area contributed by atoms with Crippen LogP contribution in [0.1, 0.15) is 27.2 Å². The molecule has 2 N–H and O–H groups in total. The Balaban J connectivity index is 2.91. The number of ether oxygens (including phenoxy) is 3. The van der Waals surface area contributed by atoms with Gasteiger partial charge in [0, 0.05) is 12.2 Å². The average Bonchev–Trinajstić information content (AvgIpc) is 2.48. The minimum atomic E-state index is -1.22. The number of hydrogen-bond acceptors (Lipinski definition) is 8. The first-order valence-electron chi connectivity index (χ1n) is 7.52. The van der Waals surface area contributed by atoms with Crippen molar-refractivity contribution in [3.63, 3.8) is 0 Å². The highest BCUT2D eigenvalue weighted by Gasteiger charge is 2.21. The van der Waals surface area contributed by atoms with E-state index in [4.69, 9.17) is 14.2 Å². The summed E-state index contributed by atoms with van der Waals surface area (Å²) in [5.41, 5.74) is 0. The molecule has 0 aromatic rings. The summed E-state index contributed by atoms with van der Waals surface area (Å²) in [6.07, 6.45) is -0.961. The highest BCUT2D eigenvalue weighted by atomic mass is 16.6. The van der Waals surface area contributed by atoms with Crippen molar-refractivity contribution >= 4 is 17.9 Å². The molecule has 0 saturated carbocycles. The summed E-state index contributed by atoms with van der Waals surface area (Å²) in [4.78, 5) is 34.9. The number of aliphatic hydroxyl groups is 2. The number of cyclic esters (lactones) is 3. The van der Waals surface area contributed by atoms with E-state index in [0.717, 1.165) is 24.3 Å². The summed E-state index contributed by atoms with van der Waals surface area (Å²) in [6.45, 7) is 4.41. The van der Waals surface area contributed by atoms with Crippen LogP contribution >= 0.6 is 0 Å². The molecule has 0 fully saturated rings. The van der Waals surface area contributed by atoms with Crippen LogP contribution in [-0.4, -0.2) is 58.6 Å². The minimum absolute atomic E-state index is 0.193. The van der Waals surface area contributed by atoms with Crippen molar-refractivity contribution in [1.82, 2.24) is 0 Å². The van der Waals surface area contributed by atoms with Crippen LogP contribution in [0, 0.1) is 0 Å². The van der Waals surface area contributed by atoms with Crippen LogP contribution in [0.25, 0.3) is 0 Å². The molecule has 8 nitrogen and oxygen atoms in total. The molecule has 134 valence electrons. The second-order valence-corrected chi connectivity index (χ2v) is 5.49. The maximum Gasteiger partial charge on any atom is 0.330 e. The van der Waals surface area contributed by atoms with Gasteiger partial charge in [0.25, 0.3) is 0 Å². The monoisotopic (exact) mass is 342 g/mol. The van der Waals surface area contributed by atoms with E-state index in [2.05, 4.69) is 0 Å². The normalized spacial score (nSPS) is 36.2. The van der Waals surface area contributed by atoms with E-state index in [-0.39, 0.29) is 6.42 Å².